The van der Waals surface area contributed by atoms with E-state index in [0.29, 0.717) is 50.7 Å². The van der Waals surface area contributed by atoms with Crippen LogP contribution < -0.4 is 19.5 Å². The summed E-state index contributed by atoms with van der Waals surface area (Å²) in [5, 5.41) is 13.4. The third kappa shape index (κ3) is 6.31. The summed E-state index contributed by atoms with van der Waals surface area (Å²) in [7, 11) is -1.94. The number of nitrogens with zero attached hydrogens (tertiary/aromatic N) is 1. The highest BCUT2D eigenvalue weighted by Gasteiger charge is 2.39. The Kier molecular flexibility index (Phi) is 8.72. The van der Waals surface area contributed by atoms with Gasteiger partial charge in [0.1, 0.15) is 6.61 Å². The number of benzene rings is 2. The molecule has 0 saturated heterocycles. The molecule has 0 aromatic heterocycles. The van der Waals surface area contributed by atoms with Crippen molar-refractivity contribution < 1.29 is 22.7 Å². The summed E-state index contributed by atoms with van der Waals surface area (Å²) in [5.41, 5.74) is 4.61. The van der Waals surface area contributed by atoms with Gasteiger partial charge < -0.3 is 14.8 Å². The maximum atomic E-state index is 13.4. The fourth-order valence-corrected chi connectivity index (χ4v) is 6.53. The number of anilines is 1. The van der Waals surface area contributed by atoms with Crippen LogP contribution in [0.15, 0.2) is 63.4 Å². The summed E-state index contributed by atoms with van der Waals surface area (Å²) in [5.74, 6) is 0.701. The van der Waals surface area contributed by atoms with Gasteiger partial charge in [-0.15, -0.1) is 0 Å². The van der Waals surface area contributed by atoms with Crippen molar-refractivity contribution in [2.75, 3.05) is 18.1 Å². The fraction of sp³-hybridized carbons (Fsp3) is 0.379. The SMILES string of the molecule is CCCC1CC(=O)C2=C(C1)NC(C)=C(C#N)C2c1cc(Br)c(OCc2ccccc2NS(C)(=O)=O)c(OC)c1. The normalized spacial score (nSPS) is 19.2. The van der Waals surface area contributed by atoms with E-state index in [-0.39, 0.29) is 12.4 Å². The van der Waals surface area contributed by atoms with Crippen LogP contribution in [0.5, 0.6) is 11.5 Å². The number of dihydropyridines is 1. The number of halogens is 1. The molecular weight excluding hydrogens is 582 g/mol. The van der Waals surface area contributed by atoms with Crippen molar-refractivity contribution in [3.63, 3.8) is 0 Å². The van der Waals surface area contributed by atoms with E-state index >= 15 is 0 Å². The number of ether oxygens (including phenoxy) is 2. The van der Waals surface area contributed by atoms with Crippen LogP contribution in [0.2, 0.25) is 0 Å². The molecule has 0 radical (unpaired) electrons. The smallest absolute Gasteiger partial charge is 0.229 e. The number of allylic oxidation sites excluding steroid dienone is 4. The largest absolute Gasteiger partial charge is 0.493 e. The highest BCUT2D eigenvalue weighted by Crippen LogP contribution is 2.47. The number of carbonyl (C=O) groups is 1. The van der Waals surface area contributed by atoms with Crippen molar-refractivity contribution in [3.8, 4) is 17.6 Å². The van der Waals surface area contributed by atoms with E-state index in [9.17, 15) is 18.5 Å². The molecule has 2 aliphatic rings. The zero-order chi connectivity index (χ0) is 28.3. The summed E-state index contributed by atoms with van der Waals surface area (Å²) in [6, 6.07) is 13.0. The van der Waals surface area contributed by atoms with Gasteiger partial charge in [0.15, 0.2) is 17.3 Å². The second-order valence-corrected chi connectivity index (χ2v) is 12.5. The molecule has 1 heterocycles. The first-order valence-electron chi connectivity index (χ1n) is 12.8. The number of hydrogen-bond acceptors (Lipinski definition) is 7. The van der Waals surface area contributed by atoms with Gasteiger partial charge in [-0.1, -0.05) is 31.5 Å². The Hall–Kier alpha value is -3.29. The van der Waals surface area contributed by atoms with Crippen LogP contribution in [0.3, 0.4) is 0 Å². The Balaban J connectivity index is 1.70. The molecule has 2 N–H and O–H groups in total. The van der Waals surface area contributed by atoms with Crippen LogP contribution in [0.4, 0.5) is 5.69 Å². The predicted molar refractivity (Wildman–Crippen MR) is 154 cm³/mol. The van der Waals surface area contributed by atoms with E-state index < -0.39 is 15.9 Å². The van der Waals surface area contributed by atoms with Crippen molar-refractivity contribution >= 4 is 37.4 Å². The van der Waals surface area contributed by atoms with Gasteiger partial charge in [-0.25, -0.2) is 8.42 Å². The Morgan fingerprint density at radius 1 is 1.23 bits per heavy atom. The lowest BCUT2D eigenvalue weighted by molar-refractivity contribution is -0.117. The van der Waals surface area contributed by atoms with Gasteiger partial charge in [0.2, 0.25) is 10.0 Å². The average molecular weight is 615 g/mol. The fourth-order valence-electron chi connectivity index (χ4n) is 5.36. The zero-order valence-corrected chi connectivity index (χ0v) is 24.8. The monoisotopic (exact) mass is 613 g/mol. The Bertz CT molecular complexity index is 1510. The molecule has 4 rings (SSSR count). The summed E-state index contributed by atoms with van der Waals surface area (Å²) in [4.78, 5) is 13.4. The van der Waals surface area contributed by atoms with E-state index in [1.807, 2.05) is 13.0 Å². The van der Waals surface area contributed by atoms with Crippen LogP contribution in [0.1, 0.15) is 56.6 Å². The predicted octanol–water partition coefficient (Wildman–Crippen LogP) is 5.93. The van der Waals surface area contributed by atoms with Crippen molar-refractivity contribution in [2.45, 2.75) is 52.1 Å². The lowest BCUT2D eigenvalue weighted by Gasteiger charge is -2.35. The molecule has 0 bridgehead atoms. The van der Waals surface area contributed by atoms with Gasteiger partial charge in [-0.2, -0.15) is 5.26 Å². The van der Waals surface area contributed by atoms with Crippen LogP contribution in [0.25, 0.3) is 0 Å². The number of sulfonamides is 1. The van der Waals surface area contributed by atoms with Gasteiger partial charge in [-0.3, -0.25) is 9.52 Å². The highest BCUT2D eigenvalue weighted by molar-refractivity contribution is 9.10. The molecule has 0 amide bonds. The lowest BCUT2D eigenvalue weighted by Crippen LogP contribution is -2.34. The molecule has 10 heteroatoms. The molecule has 2 atom stereocenters. The summed E-state index contributed by atoms with van der Waals surface area (Å²) in [6.45, 7) is 4.07. The van der Waals surface area contributed by atoms with Crippen molar-refractivity contribution in [1.82, 2.24) is 5.32 Å². The Morgan fingerprint density at radius 3 is 2.64 bits per heavy atom. The number of methoxy groups -OCH3 is 1. The van der Waals surface area contributed by atoms with Gasteiger partial charge in [-0.05, 0) is 65.4 Å². The second-order valence-electron chi connectivity index (χ2n) is 9.94. The quantitative estimate of drug-likeness (QED) is 0.360. The molecule has 39 heavy (non-hydrogen) atoms. The van der Waals surface area contributed by atoms with Gasteiger partial charge >= 0.3 is 0 Å². The zero-order valence-electron chi connectivity index (χ0n) is 22.4. The molecular formula is C29H32BrN3O5S. The number of ketones is 1. The number of hydrogen-bond donors (Lipinski definition) is 2. The van der Waals surface area contributed by atoms with Gasteiger partial charge in [0, 0.05) is 29.0 Å². The van der Waals surface area contributed by atoms with Crippen LogP contribution in [0, 0.1) is 17.2 Å². The summed E-state index contributed by atoms with van der Waals surface area (Å²) < 4.78 is 38.5. The minimum absolute atomic E-state index is 0.0675. The first kappa shape index (κ1) is 28.7. The van der Waals surface area contributed by atoms with E-state index in [4.69, 9.17) is 9.47 Å². The third-order valence-electron chi connectivity index (χ3n) is 7.00. The second kappa shape index (κ2) is 11.8. The number of carbonyl (C=O) groups excluding carboxylic acids is 1. The van der Waals surface area contributed by atoms with Crippen LogP contribution in [-0.4, -0.2) is 27.6 Å². The summed E-state index contributed by atoms with van der Waals surface area (Å²) in [6.07, 6.45) is 4.35. The molecule has 2 aromatic carbocycles. The topological polar surface area (TPSA) is 118 Å². The van der Waals surface area contributed by atoms with E-state index in [1.165, 1.54) is 7.11 Å². The molecule has 8 nitrogen and oxygen atoms in total. The molecule has 1 aliphatic carbocycles. The number of nitriles is 1. The number of nitrogens with one attached hydrogen (secondary N) is 2. The molecule has 0 saturated carbocycles. The van der Waals surface area contributed by atoms with E-state index in [0.717, 1.165) is 42.5 Å². The molecule has 0 spiro atoms. The number of Topliss-reactive ketones (excluding diaryl/α,β-unsaturated/α-hetero) is 1. The molecule has 206 valence electrons. The van der Waals surface area contributed by atoms with Crippen molar-refractivity contribution in [2.24, 2.45) is 5.92 Å². The Morgan fingerprint density at radius 2 is 1.97 bits per heavy atom. The van der Waals surface area contributed by atoms with Crippen LogP contribution >= 0.6 is 15.9 Å². The molecule has 0 fully saturated rings. The number of para-hydroxylation sites is 1. The van der Waals surface area contributed by atoms with Crippen molar-refractivity contribution in [1.29, 1.82) is 5.26 Å². The first-order chi connectivity index (χ1) is 18.6. The first-order valence-corrected chi connectivity index (χ1v) is 15.4. The van der Waals surface area contributed by atoms with Crippen molar-refractivity contribution in [3.05, 3.63) is 74.5 Å². The highest BCUT2D eigenvalue weighted by atomic mass is 79.9. The standard InChI is InChI=1S/C29H32BrN3O5S/c1-5-8-18-11-24-28(25(34)12-18)27(21(15-31)17(2)32-24)20-13-22(30)29(26(14-20)37-3)38-16-19-9-6-7-10-23(19)33-39(4,35)36/h6-7,9-10,13-14,18,27,32-33H,5,8,11-12,16H2,1-4H3. The minimum Gasteiger partial charge on any atom is -0.493 e. The number of rotatable bonds is 9. The Labute approximate surface area is 238 Å². The average Bonchev–Trinajstić information content (AvgIpc) is 2.86. The third-order valence-corrected chi connectivity index (χ3v) is 8.18. The molecule has 2 aromatic rings. The van der Waals surface area contributed by atoms with E-state index in [1.54, 1.807) is 30.3 Å². The van der Waals surface area contributed by atoms with Gasteiger partial charge in [0.25, 0.3) is 0 Å². The van der Waals surface area contributed by atoms with Gasteiger partial charge in [0.05, 0.1) is 41.1 Å². The lowest BCUT2D eigenvalue weighted by atomic mass is 9.72. The minimum atomic E-state index is -3.46. The van der Waals surface area contributed by atoms with Crippen LogP contribution in [-0.2, 0) is 21.4 Å². The maximum Gasteiger partial charge on any atom is 0.229 e. The summed E-state index contributed by atoms with van der Waals surface area (Å²) >= 11 is 3.60. The maximum absolute atomic E-state index is 13.4. The van der Waals surface area contributed by atoms with E-state index in [2.05, 4.69) is 39.0 Å². The molecule has 2 unspecified atom stereocenters. The molecule has 1 aliphatic heterocycles.